The van der Waals surface area contributed by atoms with Crippen molar-refractivity contribution in [2.24, 2.45) is 5.92 Å². The fraction of sp³-hybridized carbons (Fsp3) is 0.312. The van der Waals surface area contributed by atoms with E-state index in [9.17, 15) is 4.79 Å². The van der Waals surface area contributed by atoms with Crippen LogP contribution in [-0.2, 0) is 4.79 Å². The highest BCUT2D eigenvalue weighted by atomic mass is 32.1. The van der Waals surface area contributed by atoms with Crippen LogP contribution in [0.5, 0.6) is 0 Å². The molecule has 2 heterocycles. The van der Waals surface area contributed by atoms with Crippen molar-refractivity contribution in [1.29, 1.82) is 0 Å². The summed E-state index contributed by atoms with van der Waals surface area (Å²) in [5, 5.41) is 9.27. The summed E-state index contributed by atoms with van der Waals surface area (Å²) in [6, 6.07) is 10.0. The standard InChI is InChI=1S/C16H18N4OS/c1-3-11(4-2)14(21)17-15-18-16-20(19-15)13(10-22-16)12-8-6-5-7-9-12/h5-11H,3-4H2,1-2H3,(H,17,19,21). The van der Waals surface area contributed by atoms with Crippen molar-refractivity contribution < 1.29 is 4.79 Å². The van der Waals surface area contributed by atoms with E-state index in [1.54, 1.807) is 4.52 Å². The summed E-state index contributed by atoms with van der Waals surface area (Å²) in [6.07, 6.45) is 1.64. The summed E-state index contributed by atoms with van der Waals surface area (Å²) in [7, 11) is 0. The smallest absolute Gasteiger partial charge is 0.250 e. The summed E-state index contributed by atoms with van der Waals surface area (Å²) >= 11 is 1.51. The van der Waals surface area contributed by atoms with Crippen molar-refractivity contribution in [2.75, 3.05) is 5.32 Å². The van der Waals surface area contributed by atoms with Gasteiger partial charge in [-0.05, 0) is 12.8 Å². The van der Waals surface area contributed by atoms with Gasteiger partial charge in [-0.2, -0.15) is 4.98 Å². The molecule has 0 aliphatic heterocycles. The van der Waals surface area contributed by atoms with E-state index in [1.165, 1.54) is 11.3 Å². The number of hydrogen-bond donors (Lipinski definition) is 1. The lowest BCUT2D eigenvalue weighted by atomic mass is 10.0. The molecule has 5 nitrogen and oxygen atoms in total. The van der Waals surface area contributed by atoms with E-state index in [4.69, 9.17) is 0 Å². The lowest BCUT2D eigenvalue weighted by Crippen LogP contribution is -2.22. The molecule has 0 spiro atoms. The Morgan fingerprint density at radius 2 is 2.00 bits per heavy atom. The zero-order chi connectivity index (χ0) is 15.5. The minimum atomic E-state index is -0.00971. The number of carbonyl (C=O) groups is 1. The molecule has 0 unspecified atom stereocenters. The quantitative estimate of drug-likeness (QED) is 0.778. The van der Waals surface area contributed by atoms with E-state index in [0.717, 1.165) is 29.1 Å². The summed E-state index contributed by atoms with van der Waals surface area (Å²) in [6.45, 7) is 4.03. The Bertz CT molecular complexity index is 774. The first-order valence-electron chi connectivity index (χ1n) is 7.43. The zero-order valence-electron chi connectivity index (χ0n) is 12.6. The Hall–Kier alpha value is -2.21. The number of fused-ring (bicyclic) bond motifs is 1. The Balaban J connectivity index is 1.88. The topological polar surface area (TPSA) is 59.3 Å². The molecular formula is C16H18N4OS. The molecule has 1 aromatic carbocycles. The molecule has 22 heavy (non-hydrogen) atoms. The number of nitrogens with zero attached hydrogens (tertiary/aromatic N) is 3. The molecule has 114 valence electrons. The molecule has 0 saturated heterocycles. The molecular weight excluding hydrogens is 296 g/mol. The number of hydrogen-bond acceptors (Lipinski definition) is 4. The number of amides is 1. The minimum Gasteiger partial charge on any atom is -0.293 e. The van der Waals surface area contributed by atoms with E-state index in [-0.39, 0.29) is 11.8 Å². The maximum absolute atomic E-state index is 12.1. The molecule has 0 atom stereocenters. The van der Waals surface area contributed by atoms with Gasteiger partial charge in [-0.15, -0.1) is 16.4 Å². The van der Waals surface area contributed by atoms with Gasteiger partial charge in [-0.25, -0.2) is 4.52 Å². The number of benzene rings is 1. The number of thiazole rings is 1. The van der Waals surface area contributed by atoms with Crippen LogP contribution < -0.4 is 5.32 Å². The summed E-state index contributed by atoms with van der Waals surface area (Å²) in [5.74, 6) is 0.376. The van der Waals surface area contributed by atoms with Crippen LogP contribution in [0.3, 0.4) is 0 Å². The number of nitrogens with one attached hydrogen (secondary N) is 1. The monoisotopic (exact) mass is 314 g/mol. The zero-order valence-corrected chi connectivity index (χ0v) is 13.4. The lowest BCUT2D eigenvalue weighted by molar-refractivity contribution is -0.120. The summed E-state index contributed by atoms with van der Waals surface area (Å²) < 4.78 is 1.78. The highest BCUT2D eigenvalue weighted by Gasteiger charge is 2.17. The second kappa shape index (κ2) is 6.27. The molecule has 0 saturated carbocycles. The number of carbonyl (C=O) groups excluding carboxylic acids is 1. The van der Waals surface area contributed by atoms with Gasteiger partial charge < -0.3 is 0 Å². The molecule has 6 heteroatoms. The van der Waals surface area contributed by atoms with Crippen molar-refractivity contribution in [3.8, 4) is 11.3 Å². The molecule has 1 amide bonds. The van der Waals surface area contributed by atoms with Crippen LogP contribution in [0.1, 0.15) is 26.7 Å². The highest BCUT2D eigenvalue weighted by Crippen LogP contribution is 2.25. The van der Waals surface area contributed by atoms with Crippen LogP contribution in [0.4, 0.5) is 5.95 Å². The van der Waals surface area contributed by atoms with E-state index < -0.39 is 0 Å². The van der Waals surface area contributed by atoms with Crippen LogP contribution in [0.2, 0.25) is 0 Å². The lowest BCUT2D eigenvalue weighted by Gasteiger charge is -2.09. The van der Waals surface area contributed by atoms with Gasteiger partial charge >= 0.3 is 0 Å². The van der Waals surface area contributed by atoms with E-state index in [0.29, 0.717) is 5.95 Å². The van der Waals surface area contributed by atoms with Gasteiger partial charge in [-0.3, -0.25) is 10.1 Å². The SMILES string of the molecule is CCC(CC)C(=O)Nc1nc2scc(-c3ccccc3)n2n1. The predicted molar refractivity (Wildman–Crippen MR) is 89.0 cm³/mol. The van der Waals surface area contributed by atoms with Crippen LogP contribution in [0.15, 0.2) is 35.7 Å². The average Bonchev–Trinajstić information content (AvgIpc) is 3.09. The molecule has 0 radical (unpaired) electrons. The van der Waals surface area contributed by atoms with Crippen molar-refractivity contribution in [2.45, 2.75) is 26.7 Å². The Morgan fingerprint density at radius 1 is 1.27 bits per heavy atom. The first kappa shape index (κ1) is 14.7. The highest BCUT2D eigenvalue weighted by molar-refractivity contribution is 7.15. The van der Waals surface area contributed by atoms with Crippen LogP contribution >= 0.6 is 11.3 Å². The van der Waals surface area contributed by atoms with E-state index in [1.807, 2.05) is 49.6 Å². The molecule has 0 aliphatic carbocycles. The van der Waals surface area contributed by atoms with Gasteiger partial charge in [0.05, 0.1) is 5.69 Å². The average molecular weight is 314 g/mol. The fourth-order valence-electron chi connectivity index (χ4n) is 2.41. The van der Waals surface area contributed by atoms with Crippen molar-refractivity contribution in [3.63, 3.8) is 0 Å². The third-order valence-electron chi connectivity index (χ3n) is 3.74. The normalized spacial score (nSPS) is 11.2. The van der Waals surface area contributed by atoms with E-state index >= 15 is 0 Å². The maximum Gasteiger partial charge on any atom is 0.250 e. The van der Waals surface area contributed by atoms with Crippen molar-refractivity contribution in [1.82, 2.24) is 14.6 Å². The van der Waals surface area contributed by atoms with Crippen molar-refractivity contribution in [3.05, 3.63) is 35.7 Å². The second-order valence-corrected chi connectivity index (χ2v) is 5.96. The predicted octanol–water partition coefficient (Wildman–Crippen LogP) is 3.83. The van der Waals surface area contributed by atoms with Gasteiger partial charge in [0.2, 0.25) is 16.8 Å². The minimum absolute atomic E-state index is 0.00938. The third-order valence-corrected chi connectivity index (χ3v) is 4.56. The van der Waals surface area contributed by atoms with Crippen molar-refractivity contribution >= 4 is 28.2 Å². The Labute approximate surface area is 133 Å². The first-order valence-corrected chi connectivity index (χ1v) is 8.31. The molecule has 2 aromatic heterocycles. The first-order chi connectivity index (χ1) is 10.7. The third kappa shape index (κ3) is 2.74. The number of aromatic nitrogens is 3. The summed E-state index contributed by atoms with van der Waals surface area (Å²) in [5.41, 5.74) is 2.06. The Morgan fingerprint density at radius 3 is 2.68 bits per heavy atom. The van der Waals surface area contributed by atoms with Crippen LogP contribution in [0, 0.1) is 5.92 Å². The summed E-state index contributed by atoms with van der Waals surface area (Å²) in [4.78, 5) is 17.3. The van der Waals surface area contributed by atoms with Gasteiger partial charge in [0.1, 0.15) is 0 Å². The van der Waals surface area contributed by atoms with Gasteiger partial charge in [0, 0.05) is 16.9 Å². The second-order valence-electron chi connectivity index (χ2n) is 5.12. The van der Waals surface area contributed by atoms with Crippen LogP contribution in [0.25, 0.3) is 16.2 Å². The van der Waals surface area contributed by atoms with Crippen LogP contribution in [-0.4, -0.2) is 20.5 Å². The van der Waals surface area contributed by atoms with E-state index in [2.05, 4.69) is 15.4 Å². The molecule has 3 aromatic rings. The molecule has 0 bridgehead atoms. The molecule has 3 rings (SSSR count). The fourth-order valence-corrected chi connectivity index (χ4v) is 3.24. The van der Waals surface area contributed by atoms with Gasteiger partial charge in [0.15, 0.2) is 0 Å². The largest absolute Gasteiger partial charge is 0.293 e. The van der Waals surface area contributed by atoms with Gasteiger partial charge in [-0.1, -0.05) is 44.2 Å². The number of anilines is 1. The number of rotatable bonds is 5. The Kier molecular flexibility index (Phi) is 4.20. The molecule has 1 N–H and O–H groups in total. The van der Waals surface area contributed by atoms with Gasteiger partial charge in [0.25, 0.3) is 0 Å². The molecule has 0 aliphatic rings. The molecule has 0 fully saturated rings. The maximum atomic E-state index is 12.1.